The second-order valence-electron chi connectivity index (χ2n) is 3.68. The zero-order valence-electron chi connectivity index (χ0n) is 9.48. The maximum atomic E-state index is 12.0. The largest absolute Gasteiger partial charge is 0.492 e. The molecule has 1 aliphatic rings. The standard InChI is InChI=1S/C10H13BrN2O3S.ClH/c11-8-5-7-1-4-16-10(7)9(6-8)17(14,15)13-3-2-12;/h5-6,13H,1-4,12H2;1H. The van der Waals surface area contributed by atoms with Crippen molar-refractivity contribution in [2.24, 2.45) is 5.73 Å². The van der Waals surface area contributed by atoms with Gasteiger partial charge in [-0.2, -0.15) is 0 Å². The maximum absolute atomic E-state index is 12.0. The summed E-state index contributed by atoms with van der Waals surface area (Å²) in [5.74, 6) is 0.456. The van der Waals surface area contributed by atoms with E-state index in [0.717, 1.165) is 16.5 Å². The Morgan fingerprint density at radius 1 is 1.44 bits per heavy atom. The van der Waals surface area contributed by atoms with Crippen molar-refractivity contribution in [2.45, 2.75) is 11.3 Å². The number of sulfonamides is 1. The number of halogens is 2. The quantitative estimate of drug-likeness (QED) is 0.844. The van der Waals surface area contributed by atoms with E-state index in [1.807, 2.05) is 6.07 Å². The van der Waals surface area contributed by atoms with E-state index in [2.05, 4.69) is 20.7 Å². The summed E-state index contributed by atoms with van der Waals surface area (Å²) in [5, 5.41) is 0. The van der Waals surface area contributed by atoms with Crippen LogP contribution in [0, 0.1) is 0 Å². The number of rotatable bonds is 4. The molecule has 5 nitrogen and oxygen atoms in total. The Labute approximate surface area is 121 Å². The molecule has 1 aromatic rings. The number of benzene rings is 1. The Kier molecular flexibility index (Phi) is 5.42. The lowest BCUT2D eigenvalue weighted by atomic mass is 10.2. The van der Waals surface area contributed by atoms with Gasteiger partial charge in [-0.25, -0.2) is 13.1 Å². The molecule has 0 saturated carbocycles. The fourth-order valence-electron chi connectivity index (χ4n) is 1.71. The lowest BCUT2D eigenvalue weighted by Crippen LogP contribution is -2.29. The molecule has 1 heterocycles. The number of hydrogen-bond donors (Lipinski definition) is 2. The highest BCUT2D eigenvalue weighted by Crippen LogP contribution is 2.35. The average molecular weight is 358 g/mol. The molecule has 0 atom stereocenters. The molecular formula is C10H14BrClN2O3S. The van der Waals surface area contributed by atoms with Gasteiger partial charge in [0.1, 0.15) is 10.6 Å². The van der Waals surface area contributed by atoms with Crippen LogP contribution in [-0.4, -0.2) is 28.1 Å². The van der Waals surface area contributed by atoms with Crippen LogP contribution in [-0.2, 0) is 16.4 Å². The minimum atomic E-state index is -3.56. The maximum Gasteiger partial charge on any atom is 0.244 e. The third kappa shape index (κ3) is 3.16. The number of nitrogens with two attached hydrogens (primary N) is 1. The van der Waals surface area contributed by atoms with Gasteiger partial charge in [-0.1, -0.05) is 15.9 Å². The fourth-order valence-corrected chi connectivity index (χ4v) is 3.62. The van der Waals surface area contributed by atoms with Crippen LogP contribution >= 0.6 is 28.3 Å². The summed E-state index contributed by atoms with van der Waals surface area (Å²) in [6.45, 7) is 0.991. The molecule has 1 aromatic carbocycles. The van der Waals surface area contributed by atoms with Crippen molar-refractivity contribution >= 4 is 38.4 Å². The van der Waals surface area contributed by atoms with Gasteiger partial charge in [0.15, 0.2) is 0 Å². The van der Waals surface area contributed by atoms with E-state index in [9.17, 15) is 8.42 Å². The first-order valence-corrected chi connectivity index (χ1v) is 7.47. The molecule has 3 N–H and O–H groups in total. The molecule has 0 bridgehead atoms. The van der Waals surface area contributed by atoms with Gasteiger partial charge >= 0.3 is 0 Å². The molecular weight excluding hydrogens is 344 g/mol. The minimum absolute atomic E-state index is 0. The molecule has 0 aromatic heterocycles. The molecule has 18 heavy (non-hydrogen) atoms. The SMILES string of the molecule is Cl.NCCNS(=O)(=O)c1cc(Br)cc2c1OCC2. The highest BCUT2D eigenvalue weighted by molar-refractivity contribution is 9.10. The zero-order chi connectivity index (χ0) is 12.5. The number of ether oxygens (including phenoxy) is 1. The molecule has 0 saturated heterocycles. The van der Waals surface area contributed by atoms with E-state index in [-0.39, 0.29) is 30.4 Å². The summed E-state index contributed by atoms with van der Waals surface area (Å²) < 4.78 is 32.6. The monoisotopic (exact) mass is 356 g/mol. The Balaban J connectivity index is 0.00000162. The zero-order valence-corrected chi connectivity index (χ0v) is 12.7. The van der Waals surface area contributed by atoms with E-state index < -0.39 is 10.0 Å². The van der Waals surface area contributed by atoms with Gasteiger partial charge in [0.2, 0.25) is 10.0 Å². The Morgan fingerprint density at radius 2 is 2.17 bits per heavy atom. The highest BCUT2D eigenvalue weighted by Gasteiger charge is 2.25. The van der Waals surface area contributed by atoms with Crippen LogP contribution < -0.4 is 15.2 Å². The number of nitrogens with one attached hydrogen (secondary N) is 1. The lowest BCUT2D eigenvalue weighted by molar-refractivity contribution is 0.348. The molecule has 2 rings (SSSR count). The van der Waals surface area contributed by atoms with E-state index in [1.165, 1.54) is 0 Å². The predicted molar refractivity (Wildman–Crippen MR) is 74.8 cm³/mol. The van der Waals surface area contributed by atoms with Crippen molar-refractivity contribution < 1.29 is 13.2 Å². The minimum Gasteiger partial charge on any atom is -0.492 e. The summed E-state index contributed by atoms with van der Waals surface area (Å²) in [6, 6.07) is 3.42. The summed E-state index contributed by atoms with van der Waals surface area (Å²) in [7, 11) is -3.56. The first-order chi connectivity index (χ1) is 8.04. The highest BCUT2D eigenvalue weighted by atomic mass is 79.9. The van der Waals surface area contributed by atoms with E-state index in [4.69, 9.17) is 10.5 Å². The Bertz CT molecular complexity index is 536. The normalized spacial score (nSPS) is 13.7. The summed E-state index contributed by atoms with van der Waals surface area (Å²) in [5.41, 5.74) is 6.20. The van der Waals surface area contributed by atoms with Crippen LogP contribution in [0.5, 0.6) is 5.75 Å². The van der Waals surface area contributed by atoms with Crippen LogP contribution in [0.4, 0.5) is 0 Å². The van der Waals surface area contributed by atoms with Gasteiger partial charge in [-0.3, -0.25) is 0 Å². The van der Waals surface area contributed by atoms with Crippen molar-refractivity contribution in [3.63, 3.8) is 0 Å². The molecule has 8 heteroatoms. The topological polar surface area (TPSA) is 81.4 Å². The molecule has 0 radical (unpaired) electrons. The Morgan fingerprint density at radius 3 is 2.83 bits per heavy atom. The lowest BCUT2D eigenvalue weighted by Gasteiger charge is -2.10. The Hall–Kier alpha value is -0.340. The van der Waals surface area contributed by atoms with E-state index in [0.29, 0.717) is 12.4 Å². The van der Waals surface area contributed by atoms with Crippen LogP contribution in [0.2, 0.25) is 0 Å². The van der Waals surface area contributed by atoms with Crippen LogP contribution in [0.25, 0.3) is 0 Å². The van der Waals surface area contributed by atoms with Crippen molar-refractivity contribution in [1.82, 2.24) is 4.72 Å². The predicted octanol–water partition coefficient (Wildman–Crippen LogP) is 1.04. The summed E-state index contributed by atoms with van der Waals surface area (Å²) >= 11 is 3.30. The van der Waals surface area contributed by atoms with Gasteiger partial charge < -0.3 is 10.5 Å². The summed E-state index contributed by atoms with van der Waals surface area (Å²) in [6.07, 6.45) is 0.730. The van der Waals surface area contributed by atoms with Gasteiger partial charge in [0.05, 0.1) is 6.61 Å². The second kappa shape index (κ2) is 6.21. The molecule has 1 aliphatic heterocycles. The van der Waals surface area contributed by atoms with Crippen LogP contribution in [0.3, 0.4) is 0 Å². The molecule has 0 aliphatic carbocycles. The molecule has 0 spiro atoms. The summed E-state index contributed by atoms with van der Waals surface area (Å²) in [4.78, 5) is 0.174. The average Bonchev–Trinajstić information content (AvgIpc) is 2.72. The van der Waals surface area contributed by atoms with Gasteiger partial charge in [-0.15, -0.1) is 12.4 Å². The van der Waals surface area contributed by atoms with Gasteiger partial charge in [-0.05, 0) is 12.1 Å². The van der Waals surface area contributed by atoms with Crippen LogP contribution in [0.1, 0.15) is 5.56 Å². The third-order valence-corrected chi connectivity index (χ3v) is 4.36. The van der Waals surface area contributed by atoms with Crippen molar-refractivity contribution in [3.8, 4) is 5.75 Å². The molecule has 0 amide bonds. The van der Waals surface area contributed by atoms with E-state index >= 15 is 0 Å². The van der Waals surface area contributed by atoms with Crippen molar-refractivity contribution in [2.75, 3.05) is 19.7 Å². The van der Waals surface area contributed by atoms with Gasteiger partial charge in [0, 0.05) is 29.5 Å². The third-order valence-electron chi connectivity index (χ3n) is 2.44. The van der Waals surface area contributed by atoms with Crippen molar-refractivity contribution in [1.29, 1.82) is 0 Å². The first-order valence-electron chi connectivity index (χ1n) is 5.19. The first kappa shape index (κ1) is 15.7. The second-order valence-corrected chi connectivity index (χ2v) is 6.33. The van der Waals surface area contributed by atoms with E-state index in [1.54, 1.807) is 6.07 Å². The molecule has 102 valence electrons. The fraction of sp³-hybridized carbons (Fsp3) is 0.400. The number of fused-ring (bicyclic) bond motifs is 1. The molecule has 0 unspecified atom stereocenters. The smallest absolute Gasteiger partial charge is 0.244 e. The number of hydrogen-bond acceptors (Lipinski definition) is 4. The van der Waals surface area contributed by atoms with Gasteiger partial charge in [0.25, 0.3) is 0 Å². The van der Waals surface area contributed by atoms with Crippen LogP contribution in [0.15, 0.2) is 21.5 Å². The van der Waals surface area contributed by atoms with Crippen molar-refractivity contribution in [3.05, 3.63) is 22.2 Å². The molecule has 0 fully saturated rings.